The van der Waals surface area contributed by atoms with Crippen molar-refractivity contribution in [2.24, 2.45) is 4.99 Å². The van der Waals surface area contributed by atoms with Gasteiger partial charge in [0, 0.05) is 31.9 Å². The summed E-state index contributed by atoms with van der Waals surface area (Å²) in [6.07, 6.45) is 0.683. The fraction of sp³-hybridized carbons (Fsp3) is 0.250. The number of para-hydroxylation sites is 1. The Hall–Kier alpha value is -2.95. The monoisotopic (exact) mass is 336 g/mol. The van der Waals surface area contributed by atoms with Crippen LogP contribution >= 0.6 is 0 Å². The second-order valence-electron chi connectivity index (χ2n) is 6.11. The first-order chi connectivity index (χ1) is 12.0. The van der Waals surface area contributed by atoms with Gasteiger partial charge in [0.15, 0.2) is 0 Å². The highest BCUT2D eigenvalue weighted by molar-refractivity contribution is 6.12. The summed E-state index contributed by atoms with van der Waals surface area (Å²) in [6.45, 7) is 4.98. The van der Waals surface area contributed by atoms with Gasteiger partial charge in [0.25, 0.3) is 0 Å². The molecule has 5 heteroatoms. The van der Waals surface area contributed by atoms with Crippen LogP contribution in [0.25, 0.3) is 0 Å². The highest BCUT2D eigenvalue weighted by Crippen LogP contribution is 2.32. The van der Waals surface area contributed by atoms with Gasteiger partial charge in [-0.25, -0.2) is 0 Å². The van der Waals surface area contributed by atoms with E-state index in [1.165, 1.54) is 6.92 Å². The molecular weight excluding hydrogens is 316 g/mol. The molecule has 0 aromatic heterocycles. The SMILES string of the molecule is CC(=O)Oc1ccc(/N=C2\CC(C)N(C(C)=O)c3ccccc32)cc1. The lowest BCUT2D eigenvalue weighted by Crippen LogP contribution is -2.42. The molecule has 0 spiro atoms. The lowest BCUT2D eigenvalue weighted by molar-refractivity contribution is -0.131. The molecule has 1 aliphatic rings. The topological polar surface area (TPSA) is 59.0 Å². The van der Waals surface area contributed by atoms with Crippen molar-refractivity contribution in [3.8, 4) is 5.75 Å². The van der Waals surface area contributed by atoms with Crippen molar-refractivity contribution in [3.05, 3.63) is 54.1 Å². The summed E-state index contributed by atoms with van der Waals surface area (Å²) in [4.78, 5) is 29.6. The van der Waals surface area contributed by atoms with Crippen LogP contribution in [0.1, 0.15) is 32.8 Å². The molecule has 0 saturated carbocycles. The molecule has 1 aliphatic heterocycles. The summed E-state index contributed by atoms with van der Waals surface area (Å²) in [5.41, 5.74) is 3.59. The minimum Gasteiger partial charge on any atom is -0.427 e. The number of amides is 1. The number of rotatable bonds is 2. The Bertz CT molecular complexity index is 840. The number of aliphatic imine (C=N–C) groups is 1. The summed E-state index contributed by atoms with van der Waals surface area (Å²) in [5.74, 6) is 0.180. The normalized spacial score (nSPS) is 18.0. The van der Waals surface area contributed by atoms with E-state index in [4.69, 9.17) is 9.73 Å². The molecule has 0 radical (unpaired) electrons. The van der Waals surface area contributed by atoms with E-state index < -0.39 is 0 Å². The summed E-state index contributed by atoms with van der Waals surface area (Å²) in [5, 5.41) is 0. The van der Waals surface area contributed by atoms with Crippen LogP contribution in [0.2, 0.25) is 0 Å². The minimum absolute atomic E-state index is 0.0322. The maximum Gasteiger partial charge on any atom is 0.308 e. The minimum atomic E-state index is -0.349. The fourth-order valence-corrected chi connectivity index (χ4v) is 3.14. The van der Waals surface area contributed by atoms with E-state index in [-0.39, 0.29) is 17.9 Å². The molecule has 0 N–H and O–H groups in total. The predicted molar refractivity (Wildman–Crippen MR) is 97.6 cm³/mol. The summed E-state index contributed by atoms with van der Waals surface area (Å²) in [7, 11) is 0. The van der Waals surface area contributed by atoms with Gasteiger partial charge in [-0.05, 0) is 37.3 Å². The Labute approximate surface area is 146 Å². The van der Waals surface area contributed by atoms with Crippen molar-refractivity contribution < 1.29 is 14.3 Å². The first-order valence-corrected chi connectivity index (χ1v) is 8.21. The number of anilines is 1. The van der Waals surface area contributed by atoms with Gasteiger partial charge in [-0.2, -0.15) is 0 Å². The summed E-state index contributed by atoms with van der Waals surface area (Å²) in [6, 6.07) is 14.9. The number of benzene rings is 2. The molecule has 1 amide bonds. The maximum atomic E-state index is 12.0. The standard InChI is InChI=1S/C20H20N2O3/c1-13-12-19(18-6-4-5-7-20(18)22(13)14(2)23)21-16-8-10-17(11-9-16)25-15(3)24/h4-11,13H,12H2,1-3H3/b21-19+. The van der Waals surface area contributed by atoms with Gasteiger partial charge in [0.2, 0.25) is 5.91 Å². The Kier molecular flexibility index (Phi) is 4.65. The predicted octanol–water partition coefficient (Wildman–Crippen LogP) is 3.88. The number of fused-ring (bicyclic) bond motifs is 1. The molecule has 0 aliphatic carbocycles. The molecule has 3 rings (SSSR count). The first kappa shape index (κ1) is 16.9. The van der Waals surface area contributed by atoms with Gasteiger partial charge in [-0.3, -0.25) is 14.6 Å². The van der Waals surface area contributed by atoms with Crippen molar-refractivity contribution in [1.82, 2.24) is 0 Å². The van der Waals surface area contributed by atoms with Crippen LogP contribution in [0.5, 0.6) is 5.75 Å². The average Bonchev–Trinajstić information content (AvgIpc) is 2.56. The number of esters is 1. The van der Waals surface area contributed by atoms with Crippen LogP contribution in [0.3, 0.4) is 0 Å². The third kappa shape index (κ3) is 3.60. The van der Waals surface area contributed by atoms with Crippen LogP contribution in [-0.4, -0.2) is 23.6 Å². The Morgan fingerprint density at radius 1 is 1.08 bits per heavy atom. The molecule has 0 bridgehead atoms. The van der Waals surface area contributed by atoms with E-state index in [9.17, 15) is 9.59 Å². The number of carbonyl (C=O) groups is 2. The van der Waals surface area contributed by atoms with Crippen molar-refractivity contribution in [1.29, 1.82) is 0 Å². The van der Waals surface area contributed by atoms with Gasteiger partial charge in [0.05, 0.1) is 17.1 Å². The zero-order chi connectivity index (χ0) is 18.0. The molecular formula is C20H20N2O3. The number of hydrogen-bond acceptors (Lipinski definition) is 4. The lowest BCUT2D eigenvalue weighted by Gasteiger charge is -2.35. The van der Waals surface area contributed by atoms with Gasteiger partial charge in [-0.1, -0.05) is 18.2 Å². The number of carbonyl (C=O) groups excluding carboxylic acids is 2. The van der Waals surface area contributed by atoms with Gasteiger partial charge >= 0.3 is 5.97 Å². The van der Waals surface area contributed by atoms with E-state index in [2.05, 4.69) is 0 Å². The largest absolute Gasteiger partial charge is 0.427 e. The van der Waals surface area contributed by atoms with Crippen molar-refractivity contribution in [2.45, 2.75) is 33.2 Å². The van der Waals surface area contributed by atoms with Crippen LogP contribution in [-0.2, 0) is 9.59 Å². The summed E-state index contributed by atoms with van der Waals surface area (Å²) >= 11 is 0. The average molecular weight is 336 g/mol. The highest BCUT2D eigenvalue weighted by atomic mass is 16.5. The van der Waals surface area contributed by atoms with E-state index in [1.54, 1.807) is 19.1 Å². The van der Waals surface area contributed by atoms with Crippen molar-refractivity contribution >= 4 is 29.0 Å². The Morgan fingerprint density at radius 2 is 1.76 bits per heavy atom. The summed E-state index contributed by atoms with van der Waals surface area (Å²) < 4.78 is 5.04. The Morgan fingerprint density at radius 3 is 2.40 bits per heavy atom. The van der Waals surface area contributed by atoms with Gasteiger partial charge < -0.3 is 9.64 Å². The first-order valence-electron chi connectivity index (χ1n) is 8.21. The molecule has 1 heterocycles. The van der Waals surface area contributed by atoms with Crippen molar-refractivity contribution in [2.75, 3.05) is 4.90 Å². The van der Waals surface area contributed by atoms with Crippen LogP contribution in [0.4, 0.5) is 11.4 Å². The Balaban J connectivity index is 1.96. The molecule has 2 aromatic carbocycles. The smallest absolute Gasteiger partial charge is 0.308 e. The highest BCUT2D eigenvalue weighted by Gasteiger charge is 2.29. The molecule has 1 unspecified atom stereocenters. The lowest BCUT2D eigenvalue weighted by atomic mass is 9.94. The van der Waals surface area contributed by atoms with Crippen molar-refractivity contribution in [3.63, 3.8) is 0 Å². The van der Waals surface area contributed by atoms with Gasteiger partial charge in [-0.15, -0.1) is 0 Å². The quantitative estimate of drug-likeness (QED) is 0.618. The zero-order valence-electron chi connectivity index (χ0n) is 14.5. The molecule has 1 atom stereocenters. The molecule has 0 fully saturated rings. The molecule has 5 nitrogen and oxygen atoms in total. The molecule has 0 saturated heterocycles. The number of ether oxygens (including phenoxy) is 1. The van der Waals surface area contributed by atoms with E-state index in [0.29, 0.717) is 12.2 Å². The fourth-order valence-electron chi connectivity index (χ4n) is 3.14. The van der Waals surface area contributed by atoms with Gasteiger partial charge in [0.1, 0.15) is 5.75 Å². The van der Waals surface area contributed by atoms with E-state index >= 15 is 0 Å². The number of nitrogens with zero attached hydrogens (tertiary/aromatic N) is 2. The van der Waals surface area contributed by atoms with E-state index in [0.717, 1.165) is 22.6 Å². The van der Waals surface area contributed by atoms with Crippen LogP contribution < -0.4 is 9.64 Å². The second-order valence-corrected chi connectivity index (χ2v) is 6.11. The van der Waals surface area contributed by atoms with Crippen LogP contribution in [0, 0.1) is 0 Å². The third-order valence-corrected chi connectivity index (χ3v) is 4.11. The van der Waals surface area contributed by atoms with E-state index in [1.807, 2.05) is 48.2 Å². The molecule has 128 valence electrons. The zero-order valence-corrected chi connectivity index (χ0v) is 14.5. The maximum absolute atomic E-state index is 12.0. The number of hydrogen-bond donors (Lipinski definition) is 0. The molecule has 2 aromatic rings. The second kappa shape index (κ2) is 6.89. The third-order valence-electron chi connectivity index (χ3n) is 4.11. The van der Waals surface area contributed by atoms with Crippen LogP contribution in [0.15, 0.2) is 53.5 Å². The molecule has 25 heavy (non-hydrogen) atoms.